The third-order valence-electron chi connectivity index (χ3n) is 3.58. The smallest absolute Gasteiger partial charge is 0.0161 e. The molecule has 68 valence electrons. The van der Waals surface area contributed by atoms with Crippen molar-refractivity contribution in [2.45, 2.75) is 38.6 Å². The molecule has 2 rings (SSSR count). The van der Waals surface area contributed by atoms with Gasteiger partial charge < -0.3 is 4.90 Å². The van der Waals surface area contributed by atoms with Gasteiger partial charge in [-0.25, -0.2) is 0 Å². The molecule has 1 heteroatoms. The predicted molar refractivity (Wildman–Crippen MR) is 52.1 cm³/mol. The Bertz CT molecular complexity index is 195. The molecule has 0 aromatic rings. The minimum atomic E-state index is 0.880. The molecule has 0 aromatic heterocycles. The molecule has 1 fully saturated rings. The summed E-state index contributed by atoms with van der Waals surface area (Å²) in [6.45, 7) is 3.61. The van der Waals surface area contributed by atoms with Gasteiger partial charge in [0.05, 0.1) is 0 Å². The van der Waals surface area contributed by atoms with E-state index in [0.717, 1.165) is 12.0 Å². The molecule has 1 aliphatic carbocycles. The van der Waals surface area contributed by atoms with Gasteiger partial charge in [-0.3, -0.25) is 0 Å². The topological polar surface area (TPSA) is 3.24 Å². The lowest BCUT2D eigenvalue weighted by Gasteiger charge is -2.29. The highest BCUT2D eigenvalue weighted by Crippen LogP contribution is 2.37. The van der Waals surface area contributed by atoms with E-state index in [-0.39, 0.29) is 0 Å². The zero-order valence-corrected chi connectivity index (χ0v) is 8.21. The van der Waals surface area contributed by atoms with Crippen LogP contribution in [0.2, 0.25) is 0 Å². The van der Waals surface area contributed by atoms with Gasteiger partial charge in [-0.2, -0.15) is 0 Å². The summed E-state index contributed by atoms with van der Waals surface area (Å²) in [6, 6.07) is 0.880. The second kappa shape index (κ2) is 3.21. The van der Waals surface area contributed by atoms with Crippen molar-refractivity contribution in [2.75, 3.05) is 13.6 Å². The van der Waals surface area contributed by atoms with Crippen LogP contribution < -0.4 is 0 Å². The Morgan fingerprint density at radius 1 is 1.50 bits per heavy atom. The van der Waals surface area contributed by atoms with Crippen LogP contribution in [0.15, 0.2) is 11.6 Å². The molecular weight excluding hydrogens is 146 g/mol. The SMILES string of the molecule is CCC1=CCCC2C1CCN2C. The average molecular weight is 165 g/mol. The maximum atomic E-state index is 2.55. The number of fused-ring (bicyclic) bond motifs is 1. The van der Waals surface area contributed by atoms with Gasteiger partial charge in [0.1, 0.15) is 0 Å². The molecule has 12 heavy (non-hydrogen) atoms. The molecule has 2 unspecified atom stereocenters. The molecule has 2 aliphatic rings. The van der Waals surface area contributed by atoms with E-state index in [1.54, 1.807) is 5.57 Å². The van der Waals surface area contributed by atoms with Crippen molar-refractivity contribution in [1.29, 1.82) is 0 Å². The molecule has 0 aromatic carbocycles. The maximum absolute atomic E-state index is 2.55. The highest BCUT2D eigenvalue weighted by atomic mass is 15.2. The van der Waals surface area contributed by atoms with E-state index in [0.29, 0.717) is 0 Å². The summed E-state index contributed by atoms with van der Waals surface area (Å²) in [7, 11) is 2.28. The molecule has 2 atom stereocenters. The van der Waals surface area contributed by atoms with Gasteiger partial charge in [0.2, 0.25) is 0 Å². The Balaban J connectivity index is 2.15. The van der Waals surface area contributed by atoms with Crippen LogP contribution in [0, 0.1) is 5.92 Å². The van der Waals surface area contributed by atoms with Crippen molar-refractivity contribution >= 4 is 0 Å². The van der Waals surface area contributed by atoms with Crippen LogP contribution in [0.1, 0.15) is 32.6 Å². The second-order valence-electron chi connectivity index (χ2n) is 4.15. The van der Waals surface area contributed by atoms with Gasteiger partial charge in [0.15, 0.2) is 0 Å². The van der Waals surface area contributed by atoms with Crippen molar-refractivity contribution < 1.29 is 0 Å². The van der Waals surface area contributed by atoms with Gasteiger partial charge in [0, 0.05) is 6.04 Å². The number of likely N-dealkylation sites (tertiary alicyclic amines) is 1. The molecule has 1 aliphatic heterocycles. The second-order valence-corrected chi connectivity index (χ2v) is 4.15. The third kappa shape index (κ3) is 1.20. The number of allylic oxidation sites excluding steroid dienone is 1. The van der Waals surface area contributed by atoms with E-state index < -0.39 is 0 Å². The van der Waals surface area contributed by atoms with Gasteiger partial charge >= 0.3 is 0 Å². The van der Waals surface area contributed by atoms with Crippen LogP contribution in [0.5, 0.6) is 0 Å². The van der Waals surface area contributed by atoms with Gasteiger partial charge in [0.25, 0.3) is 0 Å². The summed E-state index contributed by atoms with van der Waals surface area (Å²) in [5.74, 6) is 0.911. The summed E-state index contributed by atoms with van der Waals surface area (Å²) < 4.78 is 0. The summed E-state index contributed by atoms with van der Waals surface area (Å²) in [5, 5.41) is 0. The largest absolute Gasteiger partial charge is 0.303 e. The number of nitrogens with zero attached hydrogens (tertiary/aromatic N) is 1. The van der Waals surface area contributed by atoms with Gasteiger partial charge in [-0.05, 0) is 45.2 Å². The summed E-state index contributed by atoms with van der Waals surface area (Å²) in [5.41, 5.74) is 1.73. The van der Waals surface area contributed by atoms with Gasteiger partial charge in [-0.15, -0.1) is 0 Å². The summed E-state index contributed by atoms with van der Waals surface area (Å²) >= 11 is 0. The Kier molecular flexibility index (Phi) is 2.22. The van der Waals surface area contributed by atoms with E-state index in [4.69, 9.17) is 0 Å². The fourth-order valence-electron chi connectivity index (χ4n) is 2.86. The molecule has 1 heterocycles. The first-order chi connectivity index (χ1) is 5.83. The highest BCUT2D eigenvalue weighted by Gasteiger charge is 2.34. The minimum Gasteiger partial charge on any atom is -0.303 e. The first-order valence-corrected chi connectivity index (χ1v) is 5.22. The van der Waals surface area contributed by atoms with Crippen molar-refractivity contribution in [2.24, 2.45) is 5.92 Å². The molecule has 1 nitrogen and oxygen atoms in total. The summed E-state index contributed by atoms with van der Waals surface area (Å²) in [4.78, 5) is 2.55. The molecule has 0 radical (unpaired) electrons. The molecule has 0 amide bonds. The monoisotopic (exact) mass is 165 g/mol. The molecule has 0 spiro atoms. The third-order valence-corrected chi connectivity index (χ3v) is 3.58. The fraction of sp³-hybridized carbons (Fsp3) is 0.818. The quantitative estimate of drug-likeness (QED) is 0.539. The number of rotatable bonds is 1. The van der Waals surface area contributed by atoms with Crippen LogP contribution in [0.25, 0.3) is 0 Å². The van der Waals surface area contributed by atoms with E-state index in [9.17, 15) is 0 Å². The average Bonchev–Trinajstić information content (AvgIpc) is 2.48. The Morgan fingerprint density at radius 2 is 2.33 bits per heavy atom. The van der Waals surface area contributed by atoms with E-state index in [2.05, 4.69) is 24.9 Å². The molecule has 0 N–H and O–H groups in total. The number of hydrogen-bond donors (Lipinski definition) is 0. The zero-order valence-electron chi connectivity index (χ0n) is 8.21. The fourth-order valence-corrected chi connectivity index (χ4v) is 2.86. The lowest BCUT2D eigenvalue weighted by Crippen LogP contribution is -2.31. The molecular formula is C11H19N. The van der Waals surface area contributed by atoms with Crippen LogP contribution in [0.4, 0.5) is 0 Å². The number of hydrogen-bond acceptors (Lipinski definition) is 1. The zero-order chi connectivity index (χ0) is 8.55. The van der Waals surface area contributed by atoms with E-state index in [1.165, 1.54) is 32.2 Å². The Hall–Kier alpha value is -0.300. The van der Waals surface area contributed by atoms with E-state index in [1.807, 2.05) is 0 Å². The van der Waals surface area contributed by atoms with E-state index >= 15 is 0 Å². The van der Waals surface area contributed by atoms with Crippen LogP contribution in [-0.2, 0) is 0 Å². The van der Waals surface area contributed by atoms with Crippen LogP contribution >= 0.6 is 0 Å². The molecule has 0 bridgehead atoms. The maximum Gasteiger partial charge on any atom is 0.0161 e. The van der Waals surface area contributed by atoms with Crippen molar-refractivity contribution in [1.82, 2.24) is 4.90 Å². The first-order valence-electron chi connectivity index (χ1n) is 5.22. The highest BCUT2D eigenvalue weighted by molar-refractivity contribution is 5.15. The minimum absolute atomic E-state index is 0.880. The Morgan fingerprint density at radius 3 is 3.08 bits per heavy atom. The standard InChI is InChI=1S/C11H19N/c1-3-9-5-4-6-11-10(9)7-8-12(11)2/h5,10-11H,3-4,6-8H2,1-2H3. The van der Waals surface area contributed by atoms with Crippen LogP contribution in [0.3, 0.4) is 0 Å². The Labute approximate surface area is 75.4 Å². The summed E-state index contributed by atoms with van der Waals surface area (Å²) in [6.07, 6.45) is 7.87. The lowest BCUT2D eigenvalue weighted by molar-refractivity contribution is 0.263. The molecule has 0 saturated carbocycles. The molecule has 1 saturated heterocycles. The predicted octanol–water partition coefficient (Wildman–Crippen LogP) is 2.44. The van der Waals surface area contributed by atoms with Crippen molar-refractivity contribution in [3.63, 3.8) is 0 Å². The van der Waals surface area contributed by atoms with Crippen LogP contribution in [-0.4, -0.2) is 24.5 Å². The first kappa shape index (κ1) is 8.31. The lowest BCUT2D eigenvalue weighted by atomic mass is 9.83. The normalized spacial score (nSPS) is 36.3. The van der Waals surface area contributed by atoms with Gasteiger partial charge in [-0.1, -0.05) is 18.6 Å². The van der Waals surface area contributed by atoms with Crippen molar-refractivity contribution in [3.8, 4) is 0 Å². The van der Waals surface area contributed by atoms with Crippen molar-refractivity contribution in [3.05, 3.63) is 11.6 Å².